The van der Waals surface area contributed by atoms with Crippen molar-refractivity contribution in [3.8, 4) is 16.9 Å². The molecule has 1 aromatic carbocycles. The Morgan fingerprint density at radius 3 is 2.54 bits per heavy atom. The average molecular weight is 388 g/mol. The second-order valence-corrected chi connectivity index (χ2v) is 7.15. The number of rotatable bonds is 6. The van der Waals surface area contributed by atoms with E-state index >= 15 is 0 Å². The van der Waals surface area contributed by atoms with Crippen molar-refractivity contribution in [3.05, 3.63) is 51.3 Å². The van der Waals surface area contributed by atoms with Gasteiger partial charge in [0, 0.05) is 10.9 Å². The van der Waals surface area contributed by atoms with Gasteiger partial charge < -0.3 is 16.2 Å². The number of primary amides is 2. The van der Waals surface area contributed by atoms with Gasteiger partial charge in [-0.15, -0.1) is 22.7 Å². The monoisotopic (exact) mass is 388 g/mol. The van der Waals surface area contributed by atoms with E-state index in [9.17, 15) is 9.59 Å². The standard InChI is InChI=1S/C17H16N4O3S2/c1-9-13(16(21-17(19)23)26-14(9)15(18)22)10-2-4-12(5-3-10)24-6-11-7-25-8-20-11/h2-5,7-8H,6H2,1H3,(H2,18,22)(H3,19,21,23). The molecule has 0 saturated carbocycles. The maximum absolute atomic E-state index is 11.6. The van der Waals surface area contributed by atoms with E-state index in [2.05, 4.69) is 10.3 Å². The largest absolute Gasteiger partial charge is 0.487 e. The molecule has 0 bridgehead atoms. The zero-order valence-electron chi connectivity index (χ0n) is 13.8. The average Bonchev–Trinajstić information content (AvgIpc) is 3.21. The fourth-order valence-electron chi connectivity index (χ4n) is 2.48. The number of hydrogen-bond donors (Lipinski definition) is 3. The van der Waals surface area contributed by atoms with Crippen molar-refractivity contribution < 1.29 is 14.3 Å². The predicted octanol–water partition coefficient (Wildman–Crippen LogP) is 3.35. The highest BCUT2D eigenvalue weighted by Crippen LogP contribution is 2.40. The molecule has 0 unspecified atom stereocenters. The van der Waals surface area contributed by atoms with Crippen LogP contribution in [0.2, 0.25) is 0 Å². The minimum Gasteiger partial charge on any atom is -0.487 e. The summed E-state index contributed by atoms with van der Waals surface area (Å²) in [5.41, 5.74) is 15.5. The van der Waals surface area contributed by atoms with E-state index in [-0.39, 0.29) is 0 Å². The third kappa shape index (κ3) is 3.84. The van der Waals surface area contributed by atoms with Crippen molar-refractivity contribution in [2.24, 2.45) is 11.5 Å². The molecule has 3 rings (SSSR count). The first kappa shape index (κ1) is 17.9. The molecule has 2 heterocycles. The highest BCUT2D eigenvalue weighted by Gasteiger charge is 2.20. The molecular weight excluding hydrogens is 372 g/mol. The Labute approximate surface area is 157 Å². The molecule has 3 amide bonds. The van der Waals surface area contributed by atoms with Crippen molar-refractivity contribution in [2.75, 3.05) is 5.32 Å². The summed E-state index contributed by atoms with van der Waals surface area (Å²) in [7, 11) is 0. The molecule has 3 aromatic rings. The van der Waals surface area contributed by atoms with Crippen molar-refractivity contribution in [1.82, 2.24) is 4.98 Å². The molecule has 5 N–H and O–H groups in total. The van der Waals surface area contributed by atoms with Gasteiger partial charge in [0.25, 0.3) is 5.91 Å². The van der Waals surface area contributed by atoms with Crippen LogP contribution in [0.15, 0.2) is 35.2 Å². The molecule has 0 atom stereocenters. The zero-order chi connectivity index (χ0) is 18.7. The number of nitrogens with two attached hydrogens (primary N) is 2. The Kier molecular flexibility index (Phi) is 5.19. The van der Waals surface area contributed by atoms with E-state index in [1.807, 2.05) is 29.6 Å². The predicted molar refractivity (Wildman–Crippen MR) is 103 cm³/mol. The third-order valence-corrected chi connectivity index (χ3v) is 5.48. The topological polar surface area (TPSA) is 120 Å². The number of benzene rings is 1. The summed E-state index contributed by atoms with van der Waals surface area (Å²) in [6.07, 6.45) is 0. The summed E-state index contributed by atoms with van der Waals surface area (Å²) >= 11 is 2.62. The number of nitrogens with zero attached hydrogens (tertiary/aromatic N) is 1. The third-order valence-electron chi connectivity index (χ3n) is 3.62. The molecular formula is C17H16N4O3S2. The van der Waals surface area contributed by atoms with Crippen LogP contribution >= 0.6 is 22.7 Å². The Hall–Kier alpha value is -2.91. The van der Waals surface area contributed by atoms with Crippen molar-refractivity contribution in [1.29, 1.82) is 0 Å². The van der Waals surface area contributed by atoms with Gasteiger partial charge in [0.2, 0.25) is 0 Å². The van der Waals surface area contributed by atoms with Crippen LogP contribution in [0.25, 0.3) is 11.1 Å². The first-order valence-electron chi connectivity index (χ1n) is 7.55. The highest BCUT2D eigenvalue weighted by molar-refractivity contribution is 7.19. The maximum atomic E-state index is 11.6. The molecule has 0 saturated heterocycles. The van der Waals surface area contributed by atoms with E-state index < -0.39 is 11.9 Å². The number of thiazole rings is 1. The van der Waals surface area contributed by atoms with E-state index in [4.69, 9.17) is 16.2 Å². The van der Waals surface area contributed by atoms with Crippen molar-refractivity contribution in [3.63, 3.8) is 0 Å². The number of carbonyl (C=O) groups excluding carboxylic acids is 2. The molecule has 2 aromatic heterocycles. The van der Waals surface area contributed by atoms with Crippen LogP contribution in [-0.4, -0.2) is 16.9 Å². The first-order valence-corrected chi connectivity index (χ1v) is 9.31. The Bertz CT molecular complexity index is 934. The van der Waals surface area contributed by atoms with Gasteiger partial charge in [-0.3, -0.25) is 10.1 Å². The number of urea groups is 1. The van der Waals surface area contributed by atoms with Crippen LogP contribution in [-0.2, 0) is 6.61 Å². The van der Waals surface area contributed by atoms with Gasteiger partial charge in [0.05, 0.1) is 16.1 Å². The van der Waals surface area contributed by atoms with E-state index in [0.717, 1.165) is 22.6 Å². The number of anilines is 1. The number of aromatic nitrogens is 1. The number of amides is 3. The number of carbonyl (C=O) groups is 2. The van der Waals surface area contributed by atoms with Crippen molar-refractivity contribution in [2.45, 2.75) is 13.5 Å². The van der Waals surface area contributed by atoms with Gasteiger partial charge in [-0.25, -0.2) is 9.78 Å². The summed E-state index contributed by atoms with van der Waals surface area (Å²) in [5, 5.41) is 4.97. The summed E-state index contributed by atoms with van der Waals surface area (Å²) in [6, 6.07) is 6.63. The Morgan fingerprint density at radius 1 is 1.23 bits per heavy atom. The number of hydrogen-bond acceptors (Lipinski definition) is 6. The highest BCUT2D eigenvalue weighted by atomic mass is 32.1. The molecule has 0 aliphatic rings. The van der Waals surface area contributed by atoms with Gasteiger partial charge >= 0.3 is 6.03 Å². The maximum Gasteiger partial charge on any atom is 0.317 e. The lowest BCUT2D eigenvalue weighted by Crippen LogP contribution is -2.18. The number of thiophene rings is 1. The minimum atomic E-state index is -0.702. The van der Waals surface area contributed by atoms with Gasteiger partial charge in [-0.05, 0) is 30.2 Å². The molecule has 0 fully saturated rings. The Morgan fingerprint density at radius 2 is 1.96 bits per heavy atom. The zero-order valence-corrected chi connectivity index (χ0v) is 15.4. The summed E-state index contributed by atoms with van der Waals surface area (Å²) < 4.78 is 5.69. The Balaban J connectivity index is 1.88. The second-order valence-electron chi connectivity index (χ2n) is 5.41. The molecule has 0 radical (unpaired) electrons. The molecule has 26 heavy (non-hydrogen) atoms. The number of nitrogens with one attached hydrogen (secondary N) is 1. The lowest BCUT2D eigenvalue weighted by atomic mass is 10.0. The molecule has 0 aliphatic heterocycles. The van der Waals surface area contributed by atoms with Crippen LogP contribution in [0.1, 0.15) is 20.9 Å². The van der Waals surface area contributed by atoms with Crippen LogP contribution < -0.4 is 21.5 Å². The van der Waals surface area contributed by atoms with Crippen LogP contribution in [0.5, 0.6) is 5.75 Å². The van der Waals surface area contributed by atoms with Crippen molar-refractivity contribution >= 4 is 39.6 Å². The molecule has 7 nitrogen and oxygen atoms in total. The van der Waals surface area contributed by atoms with Crippen LogP contribution in [0, 0.1) is 6.92 Å². The van der Waals surface area contributed by atoms with Gasteiger partial charge in [-0.1, -0.05) is 12.1 Å². The van der Waals surface area contributed by atoms with Gasteiger partial charge in [0.1, 0.15) is 17.4 Å². The SMILES string of the molecule is Cc1c(C(N)=O)sc(NC(N)=O)c1-c1ccc(OCc2cscn2)cc1. The van der Waals surface area contributed by atoms with Gasteiger partial charge in [0.15, 0.2) is 0 Å². The fourth-order valence-corrected chi connectivity index (χ4v) is 4.11. The first-order chi connectivity index (χ1) is 12.5. The number of ether oxygens (including phenoxy) is 1. The van der Waals surface area contributed by atoms with Crippen LogP contribution in [0.3, 0.4) is 0 Å². The quantitative estimate of drug-likeness (QED) is 0.599. The summed E-state index contributed by atoms with van der Waals surface area (Å²) in [4.78, 5) is 27.4. The second kappa shape index (κ2) is 7.54. The van der Waals surface area contributed by atoms with E-state index in [1.165, 1.54) is 11.3 Å². The van der Waals surface area contributed by atoms with Gasteiger partial charge in [-0.2, -0.15) is 0 Å². The smallest absolute Gasteiger partial charge is 0.317 e. The molecule has 134 valence electrons. The minimum absolute atomic E-state index is 0.382. The summed E-state index contributed by atoms with van der Waals surface area (Å²) in [6.45, 7) is 2.17. The molecule has 9 heteroatoms. The summed E-state index contributed by atoms with van der Waals surface area (Å²) in [5.74, 6) is 0.142. The van der Waals surface area contributed by atoms with E-state index in [1.54, 1.807) is 12.4 Å². The molecule has 0 aliphatic carbocycles. The lowest BCUT2D eigenvalue weighted by molar-refractivity contribution is 0.100. The normalized spacial score (nSPS) is 10.5. The van der Waals surface area contributed by atoms with E-state index in [0.29, 0.717) is 33.4 Å². The van der Waals surface area contributed by atoms with Crippen LogP contribution in [0.4, 0.5) is 9.80 Å². The molecule has 0 spiro atoms. The lowest BCUT2D eigenvalue weighted by Gasteiger charge is -2.08. The fraction of sp³-hybridized carbons (Fsp3) is 0.118.